The zero-order valence-electron chi connectivity index (χ0n) is 17.9. The van der Waals surface area contributed by atoms with Gasteiger partial charge in [-0.1, -0.05) is 31.2 Å². The first-order chi connectivity index (χ1) is 14.3. The van der Waals surface area contributed by atoms with E-state index in [0.29, 0.717) is 12.2 Å². The van der Waals surface area contributed by atoms with Gasteiger partial charge in [-0.25, -0.2) is 4.39 Å². The van der Waals surface area contributed by atoms with E-state index in [-0.39, 0.29) is 30.9 Å². The number of nitrogens with one attached hydrogen (secondary N) is 1. The minimum atomic E-state index is -0.685. The zero-order valence-corrected chi connectivity index (χ0v) is 17.9. The summed E-state index contributed by atoms with van der Waals surface area (Å²) in [6, 6.07) is 12.4. The number of rotatable bonds is 10. The molecule has 2 rings (SSSR count). The largest absolute Gasteiger partial charge is 0.497 e. The van der Waals surface area contributed by atoms with Crippen molar-refractivity contribution in [1.82, 2.24) is 10.2 Å². The molecule has 0 saturated carbocycles. The number of ether oxygens (including phenoxy) is 2. The summed E-state index contributed by atoms with van der Waals surface area (Å²) in [5, 5.41) is 2.86. The number of carbonyl (C=O) groups is 2. The van der Waals surface area contributed by atoms with Gasteiger partial charge in [0.15, 0.2) is 18.2 Å². The molecule has 0 radical (unpaired) electrons. The normalized spacial score (nSPS) is 11.7. The Morgan fingerprint density at radius 3 is 2.50 bits per heavy atom. The van der Waals surface area contributed by atoms with Crippen molar-refractivity contribution in [3.8, 4) is 11.5 Å². The Morgan fingerprint density at radius 1 is 1.13 bits per heavy atom. The predicted octanol–water partition coefficient (Wildman–Crippen LogP) is 3.55. The molecule has 0 saturated heterocycles. The van der Waals surface area contributed by atoms with Crippen LogP contribution in [0.15, 0.2) is 48.5 Å². The fourth-order valence-electron chi connectivity index (χ4n) is 3.05. The van der Waals surface area contributed by atoms with Gasteiger partial charge < -0.3 is 19.7 Å². The number of methoxy groups -OCH3 is 1. The van der Waals surface area contributed by atoms with E-state index in [9.17, 15) is 14.0 Å². The molecular formula is C23H29FN2O4. The topological polar surface area (TPSA) is 67.9 Å². The maximum absolute atomic E-state index is 13.8. The van der Waals surface area contributed by atoms with Crippen molar-refractivity contribution in [3.05, 3.63) is 59.9 Å². The number of benzene rings is 2. The number of hydrogen-bond donors (Lipinski definition) is 1. The van der Waals surface area contributed by atoms with Gasteiger partial charge in [-0.05, 0) is 50.1 Å². The van der Waals surface area contributed by atoms with Crippen LogP contribution < -0.4 is 14.8 Å². The van der Waals surface area contributed by atoms with Gasteiger partial charge >= 0.3 is 0 Å². The molecule has 6 nitrogen and oxygen atoms in total. The van der Waals surface area contributed by atoms with E-state index < -0.39 is 17.8 Å². The molecular weight excluding hydrogens is 387 g/mol. The van der Waals surface area contributed by atoms with Crippen LogP contribution in [0.2, 0.25) is 0 Å². The number of carbonyl (C=O) groups excluding carboxylic acids is 2. The second-order valence-electron chi connectivity index (χ2n) is 7.18. The molecule has 0 aliphatic carbocycles. The van der Waals surface area contributed by atoms with Gasteiger partial charge in [-0.15, -0.1) is 0 Å². The van der Waals surface area contributed by atoms with Crippen molar-refractivity contribution < 1.29 is 23.5 Å². The first-order valence-electron chi connectivity index (χ1n) is 9.95. The molecule has 1 N–H and O–H groups in total. The van der Waals surface area contributed by atoms with Crippen LogP contribution in [-0.2, 0) is 16.1 Å². The summed E-state index contributed by atoms with van der Waals surface area (Å²) in [7, 11) is 1.56. The molecule has 0 aliphatic rings. The Bertz CT molecular complexity index is 857. The third kappa shape index (κ3) is 6.47. The average molecular weight is 416 g/mol. The van der Waals surface area contributed by atoms with Crippen LogP contribution in [0.5, 0.6) is 11.5 Å². The third-order valence-corrected chi connectivity index (χ3v) is 4.49. The van der Waals surface area contributed by atoms with Gasteiger partial charge in [-0.2, -0.15) is 0 Å². The highest BCUT2D eigenvalue weighted by molar-refractivity contribution is 5.88. The minimum Gasteiger partial charge on any atom is -0.497 e. The van der Waals surface area contributed by atoms with Gasteiger partial charge in [0.05, 0.1) is 7.11 Å². The van der Waals surface area contributed by atoms with E-state index in [1.807, 2.05) is 39.0 Å². The van der Waals surface area contributed by atoms with Crippen LogP contribution in [0.25, 0.3) is 0 Å². The molecule has 0 fully saturated rings. The lowest BCUT2D eigenvalue weighted by atomic mass is 10.1. The highest BCUT2D eigenvalue weighted by Crippen LogP contribution is 2.19. The highest BCUT2D eigenvalue weighted by Gasteiger charge is 2.29. The summed E-state index contributed by atoms with van der Waals surface area (Å²) in [5.74, 6) is -0.551. The smallest absolute Gasteiger partial charge is 0.261 e. The van der Waals surface area contributed by atoms with E-state index in [1.165, 1.54) is 17.0 Å². The molecule has 0 bridgehead atoms. The lowest BCUT2D eigenvalue weighted by Crippen LogP contribution is -2.51. The quantitative estimate of drug-likeness (QED) is 0.643. The first-order valence-corrected chi connectivity index (χ1v) is 9.95. The molecule has 162 valence electrons. The monoisotopic (exact) mass is 416 g/mol. The van der Waals surface area contributed by atoms with Crippen molar-refractivity contribution in [1.29, 1.82) is 0 Å². The van der Waals surface area contributed by atoms with E-state index in [4.69, 9.17) is 9.47 Å². The molecule has 30 heavy (non-hydrogen) atoms. The van der Waals surface area contributed by atoms with Gasteiger partial charge in [0, 0.05) is 12.6 Å². The fraction of sp³-hybridized carbons (Fsp3) is 0.391. The van der Waals surface area contributed by atoms with E-state index in [2.05, 4.69) is 5.32 Å². The van der Waals surface area contributed by atoms with Crippen molar-refractivity contribution in [2.24, 2.45) is 0 Å². The van der Waals surface area contributed by atoms with Crippen molar-refractivity contribution in [2.75, 3.05) is 13.7 Å². The molecule has 0 aliphatic heterocycles. The summed E-state index contributed by atoms with van der Waals surface area (Å²) in [4.78, 5) is 27.3. The molecule has 2 amide bonds. The highest BCUT2D eigenvalue weighted by atomic mass is 19.1. The molecule has 7 heteroatoms. The first kappa shape index (κ1) is 23.2. The summed E-state index contributed by atoms with van der Waals surface area (Å²) in [6.45, 7) is 5.38. The van der Waals surface area contributed by atoms with E-state index in [1.54, 1.807) is 25.3 Å². The maximum Gasteiger partial charge on any atom is 0.261 e. The van der Waals surface area contributed by atoms with Crippen LogP contribution >= 0.6 is 0 Å². The lowest BCUT2D eigenvalue weighted by molar-refractivity contribution is -0.143. The number of para-hydroxylation sites is 1. The molecule has 0 spiro atoms. The van der Waals surface area contributed by atoms with Gasteiger partial charge in [0.2, 0.25) is 5.91 Å². The van der Waals surface area contributed by atoms with Crippen LogP contribution in [0.4, 0.5) is 4.39 Å². The fourth-order valence-corrected chi connectivity index (χ4v) is 3.05. The molecule has 0 aromatic heterocycles. The maximum atomic E-state index is 13.8. The standard InChI is InChI=1S/C23H29FN2O4/c1-5-20(23(28)25-16(2)3)26(14-17-9-8-10-18(13-17)29-4)22(27)15-30-21-12-7-6-11-19(21)24/h6-13,16,20H,5,14-15H2,1-4H3,(H,25,28)/t20-/m1/s1. The van der Waals surface area contributed by atoms with Crippen LogP contribution in [0, 0.1) is 5.82 Å². The summed E-state index contributed by atoms with van der Waals surface area (Å²) in [6.07, 6.45) is 0.425. The minimum absolute atomic E-state index is 0.00754. The third-order valence-electron chi connectivity index (χ3n) is 4.49. The molecule has 2 aromatic carbocycles. The summed E-state index contributed by atoms with van der Waals surface area (Å²) >= 11 is 0. The summed E-state index contributed by atoms with van der Waals surface area (Å²) < 4.78 is 24.5. The van der Waals surface area contributed by atoms with Gasteiger partial charge in [0.25, 0.3) is 5.91 Å². The number of nitrogens with zero attached hydrogens (tertiary/aromatic N) is 1. The molecule has 1 atom stereocenters. The van der Waals surface area contributed by atoms with Gasteiger partial charge in [-0.3, -0.25) is 9.59 Å². The number of halogens is 1. The number of hydrogen-bond acceptors (Lipinski definition) is 4. The Morgan fingerprint density at radius 2 is 1.87 bits per heavy atom. The van der Waals surface area contributed by atoms with Crippen molar-refractivity contribution in [2.45, 2.75) is 45.8 Å². The number of amides is 2. The van der Waals surface area contributed by atoms with Crippen molar-refractivity contribution in [3.63, 3.8) is 0 Å². The summed E-state index contributed by atoms with van der Waals surface area (Å²) in [5.41, 5.74) is 0.810. The van der Waals surface area contributed by atoms with E-state index in [0.717, 1.165) is 5.56 Å². The zero-order chi connectivity index (χ0) is 22.1. The predicted molar refractivity (Wildman–Crippen MR) is 113 cm³/mol. The second-order valence-corrected chi connectivity index (χ2v) is 7.18. The Hall–Kier alpha value is -3.09. The van der Waals surface area contributed by atoms with Gasteiger partial charge in [0.1, 0.15) is 11.8 Å². The van der Waals surface area contributed by atoms with E-state index >= 15 is 0 Å². The van der Waals surface area contributed by atoms with Crippen LogP contribution in [0.1, 0.15) is 32.8 Å². The van der Waals surface area contributed by atoms with Crippen LogP contribution in [-0.4, -0.2) is 42.5 Å². The SMILES string of the molecule is CC[C@H](C(=O)NC(C)C)N(Cc1cccc(OC)c1)C(=O)COc1ccccc1F. The molecule has 0 heterocycles. The van der Waals surface area contributed by atoms with Crippen molar-refractivity contribution >= 4 is 11.8 Å². The molecule has 0 unspecified atom stereocenters. The Labute approximate surface area is 177 Å². The Kier molecular flexibility index (Phi) is 8.65. The molecule has 2 aromatic rings. The Balaban J connectivity index is 2.24. The van der Waals surface area contributed by atoms with Crippen LogP contribution in [0.3, 0.4) is 0 Å². The lowest BCUT2D eigenvalue weighted by Gasteiger charge is -2.31. The second kappa shape index (κ2) is 11.2. The average Bonchev–Trinajstić information content (AvgIpc) is 2.72.